The van der Waals surface area contributed by atoms with Crippen molar-refractivity contribution < 1.29 is 23.5 Å². The highest BCUT2D eigenvalue weighted by atomic mass is 35.5. The molecule has 0 spiro atoms. The molecule has 2 amide bonds. The van der Waals surface area contributed by atoms with Gasteiger partial charge in [-0.25, -0.2) is 18.7 Å². The molecule has 1 heterocycles. The van der Waals surface area contributed by atoms with Crippen molar-refractivity contribution >= 4 is 35.0 Å². The monoisotopic (exact) mass is 552 g/mol. The zero-order valence-electron chi connectivity index (χ0n) is 20.0. The Balaban J connectivity index is 1.31. The Morgan fingerprint density at radius 1 is 1.14 bits per heavy atom. The van der Waals surface area contributed by atoms with Crippen molar-refractivity contribution in [2.24, 2.45) is 17.3 Å². The van der Waals surface area contributed by atoms with E-state index in [4.69, 9.17) is 23.2 Å². The average molecular weight is 553 g/mol. The summed E-state index contributed by atoms with van der Waals surface area (Å²) < 4.78 is 30.3. The standard InChI is InChI=1S/C26H28Cl2F2N4O3/c27-16-2-3-17(29)19(20(16)28)21(25-4-6-26(30,13-25)7-5-25)34-23(36)14-10-15(18(35)11-14)12-33-24(37)22-31-8-1-9-32-22/h1-3,8-9,14-15,18,21,35H,4-7,10-13H2,(H,33,37)(H,34,36)/t14-,15+,18+,21+,25?,26?/m0/s1. The predicted molar refractivity (Wildman–Crippen MR) is 133 cm³/mol. The third-order valence-electron chi connectivity index (χ3n) is 8.40. The number of nitrogens with zero attached hydrogens (tertiary/aromatic N) is 2. The average Bonchev–Trinajstić information content (AvgIpc) is 3.55. The smallest absolute Gasteiger partial charge is 0.289 e. The Labute approximate surface area is 223 Å². The van der Waals surface area contributed by atoms with Crippen LogP contribution >= 0.6 is 23.2 Å². The topological polar surface area (TPSA) is 104 Å². The molecule has 198 valence electrons. The molecule has 11 heteroatoms. The summed E-state index contributed by atoms with van der Waals surface area (Å²) in [5.74, 6) is -2.34. The van der Waals surface area contributed by atoms with Crippen LogP contribution in [0.15, 0.2) is 30.6 Å². The normalized spacial score (nSPS) is 31.3. The minimum Gasteiger partial charge on any atom is -0.393 e. The maximum atomic E-state index is 15.2. The summed E-state index contributed by atoms with van der Waals surface area (Å²) in [5.41, 5.74) is -1.90. The van der Waals surface area contributed by atoms with Crippen molar-refractivity contribution in [2.45, 2.75) is 62.8 Å². The van der Waals surface area contributed by atoms with E-state index in [-0.39, 0.29) is 52.6 Å². The molecule has 37 heavy (non-hydrogen) atoms. The van der Waals surface area contributed by atoms with Gasteiger partial charge in [-0.15, -0.1) is 0 Å². The minimum atomic E-state index is -1.32. The van der Waals surface area contributed by atoms with Gasteiger partial charge in [0.25, 0.3) is 5.91 Å². The Hall–Kier alpha value is -2.36. The summed E-state index contributed by atoms with van der Waals surface area (Å²) in [4.78, 5) is 33.6. The Bertz CT molecular complexity index is 1190. The van der Waals surface area contributed by atoms with Gasteiger partial charge in [-0.3, -0.25) is 9.59 Å². The summed E-state index contributed by atoms with van der Waals surface area (Å²) in [5, 5.41) is 16.5. The first-order valence-electron chi connectivity index (χ1n) is 12.5. The number of halogens is 4. The molecule has 5 rings (SSSR count). The molecule has 3 aliphatic rings. The molecule has 3 saturated carbocycles. The van der Waals surface area contributed by atoms with Crippen LogP contribution in [0.1, 0.15) is 67.2 Å². The molecule has 0 saturated heterocycles. The Morgan fingerprint density at radius 2 is 1.84 bits per heavy atom. The molecule has 0 unspecified atom stereocenters. The van der Waals surface area contributed by atoms with Gasteiger partial charge >= 0.3 is 0 Å². The van der Waals surface area contributed by atoms with Crippen LogP contribution in [0.25, 0.3) is 0 Å². The molecule has 4 atom stereocenters. The number of carbonyl (C=O) groups is 2. The van der Waals surface area contributed by atoms with Gasteiger partial charge in [0.05, 0.1) is 22.2 Å². The number of nitrogens with one attached hydrogen (secondary N) is 2. The van der Waals surface area contributed by atoms with Gasteiger partial charge in [0.1, 0.15) is 11.5 Å². The van der Waals surface area contributed by atoms with E-state index in [9.17, 15) is 14.7 Å². The number of aromatic nitrogens is 2. The summed E-state index contributed by atoms with van der Waals surface area (Å²) >= 11 is 12.6. The summed E-state index contributed by atoms with van der Waals surface area (Å²) in [7, 11) is 0. The summed E-state index contributed by atoms with van der Waals surface area (Å²) in [6.07, 6.45) is 4.54. The lowest BCUT2D eigenvalue weighted by atomic mass is 9.74. The Morgan fingerprint density at radius 3 is 2.49 bits per heavy atom. The summed E-state index contributed by atoms with van der Waals surface area (Å²) in [6, 6.07) is 3.31. The Kier molecular flexibility index (Phi) is 7.15. The molecule has 3 N–H and O–H groups in total. The van der Waals surface area contributed by atoms with E-state index < -0.39 is 40.9 Å². The molecule has 2 aromatic rings. The van der Waals surface area contributed by atoms with Gasteiger partial charge in [-0.2, -0.15) is 0 Å². The van der Waals surface area contributed by atoms with Crippen molar-refractivity contribution in [3.05, 3.63) is 57.8 Å². The van der Waals surface area contributed by atoms with Crippen LogP contribution in [0.4, 0.5) is 8.78 Å². The first-order valence-corrected chi connectivity index (χ1v) is 13.2. The second-order valence-electron chi connectivity index (χ2n) is 10.7. The van der Waals surface area contributed by atoms with Crippen molar-refractivity contribution in [1.29, 1.82) is 0 Å². The lowest BCUT2D eigenvalue weighted by Gasteiger charge is -2.38. The predicted octanol–water partition coefficient (Wildman–Crippen LogP) is 4.57. The van der Waals surface area contributed by atoms with E-state index >= 15 is 8.78 Å². The first-order chi connectivity index (χ1) is 17.6. The first kappa shape index (κ1) is 26.3. The molecule has 1 aromatic heterocycles. The molecule has 3 fully saturated rings. The maximum Gasteiger partial charge on any atom is 0.289 e. The number of alkyl halides is 1. The van der Waals surface area contributed by atoms with Crippen LogP contribution in [-0.2, 0) is 4.79 Å². The van der Waals surface area contributed by atoms with Crippen LogP contribution < -0.4 is 10.6 Å². The number of benzene rings is 1. The molecular weight excluding hydrogens is 525 g/mol. The second-order valence-corrected chi connectivity index (χ2v) is 11.5. The van der Waals surface area contributed by atoms with Crippen LogP contribution in [-0.4, -0.2) is 45.2 Å². The maximum absolute atomic E-state index is 15.2. The van der Waals surface area contributed by atoms with Crippen LogP contribution in [0.2, 0.25) is 10.0 Å². The van der Waals surface area contributed by atoms with E-state index in [1.165, 1.54) is 24.5 Å². The number of aliphatic hydroxyl groups is 1. The summed E-state index contributed by atoms with van der Waals surface area (Å²) in [6.45, 7) is 0.147. The molecule has 3 aliphatic carbocycles. The number of amides is 2. The van der Waals surface area contributed by atoms with E-state index in [1.54, 1.807) is 6.07 Å². The zero-order chi connectivity index (χ0) is 26.4. The number of hydrogen-bond acceptors (Lipinski definition) is 5. The number of carbonyl (C=O) groups excluding carboxylic acids is 2. The van der Waals surface area contributed by atoms with E-state index in [0.717, 1.165) is 0 Å². The highest BCUT2D eigenvalue weighted by molar-refractivity contribution is 6.42. The van der Waals surface area contributed by atoms with E-state index in [1.807, 2.05) is 0 Å². The molecular formula is C26H28Cl2F2N4O3. The largest absolute Gasteiger partial charge is 0.393 e. The molecule has 0 radical (unpaired) electrons. The van der Waals surface area contributed by atoms with E-state index in [0.29, 0.717) is 32.1 Å². The number of fused-ring (bicyclic) bond motifs is 2. The zero-order valence-corrected chi connectivity index (χ0v) is 21.5. The van der Waals surface area contributed by atoms with Gasteiger partial charge in [-0.05, 0) is 68.6 Å². The van der Waals surface area contributed by atoms with Crippen molar-refractivity contribution in [3.8, 4) is 0 Å². The fourth-order valence-electron chi connectivity index (χ4n) is 6.43. The van der Waals surface area contributed by atoms with Gasteiger partial charge in [0.2, 0.25) is 11.7 Å². The lowest BCUT2D eigenvalue weighted by molar-refractivity contribution is -0.127. The highest BCUT2D eigenvalue weighted by Gasteiger charge is 2.59. The van der Waals surface area contributed by atoms with E-state index in [2.05, 4.69) is 20.6 Å². The third kappa shape index (κ3) is 5.05. The van der Waals surface area contributed by atoms with Gasteiger partial charge in [0.15, 0.2) is 0 Å². The minimum absolute atomic E-state index is 0.0137. The third-order valence-corrected chi connectivity index (χ3v) is 9.22. The van der Waals surface area contributed by atoms with Crippen molar-refractivity contribution in [2.75, 3.05) is 6.54 Å². The number of aliphatic hydroxyl groups excluding tert-OH is 1. The van der Waals surface area contributed by atoms with Gasteiger partial charge < -0.3 is 15.7 Å². The highest BCUT2D eigenvalue weighted by Crippen LogP contribution is 2.64. The molecule has 0 aliphatic heterocycles. The second kappa shape index (κ2) is 10.1. The SMILES string of the molecule is O=C(NC[C@H]1C[C@H](C(=O)N[C@H](c2c(F)ccc(Cl)c2Cl)C23CCC(F)(CC2)C3)C[C@H]1O)c1ncccn1. The fourth-order valence-corrected chi connectivity index (χ4v) is 6.85. The number of hydrogen-bond donors (Lipinski definition) is 3. The quantitative estimate of drug-likeness (QED) is 0.436. The van der Waals surface area contributed by atoms with Crippen molar-refractivity contribution in [3.63, 3.8) is 0 Å². The van der Waals surface area contributed by atoms with Crippen molar-refractivity contribution in [1.82, 2.24) is 20.6 Å². The van der Waals surface area contributed by atoms with Crippen LogP contribution in [0.5, 0.6) is 0 Å². The molecule has 2 bridgehead atoms. The molecule has 1 aromatic carbocycles. The van der Waals surface area contributed by atoms with Gasteiger partial charge in [-0.1, -0.05) is 23.2 Å². The van der Waals surface area contributed by atoms with Crippen LogP contribution in [0, 0.1) is 23.1 Å². The lowest BCUT2D eigenvalue weighted by Crippen LogP contribution is -2.42. The van der Waals surface area contributed by atoms with Gasteiger partial charge in [0, 0.05) is 36.3 Å². The van der Waals surface area contributed by atoms with Crippen LogP contribution in [0.3, 0.4) is 0 Å². The fraction of sp³-hybridized carbons (Fsp3) is 0.538. The molecule has 7 nitrogen and oxygen atoms in total. The number of rotatable bonds is 7.